The molecule has 0 amide bonds. The molecule has 5 aromatic rings. The van der Waals surface area contributed by atoms with E-state index in [4.69, 9.17) is 20.4 Å². The molecule has 0 fully saturated rings. The molecule has 0 unspecified atom stereocenters. The van der Waals surface area contributed by atoms with Gasteiger partial charge < -0.3 is 20.4 Å². The van der Waals surface area contributed by atoms with Gasteiger partial charge in [-0.3, -0.25) is 0 Å². The van der Waals surface area contributed by atoms with Crippen LogP contribution in [-0.4, -0.2) is 48.9 Å². The van der Waals surface area contributed by atoms with Crippen LogP contribution in [0.15, 0.2) is 164 Å². The van der Waals surface area contributed by atoms with Gasteiger partial charge in [0.05, 0.1) is 0 Å². The zero-order valence-electron chi connectivity index (χ0n) is 29.6. The average molecular weight is 645 g/mol. The van der Waals surface area contributed by atoms with E-state index in [0.29, 0.717) is 5.41 Å². The summed E-state index contributed by atoms with van der Waals surface area (Å²) in [5.74, 6) is 0. The topological polar surface area (TPSA) is 80.9 Å². The van der Waals surface area contributed by atoms with E-state index < -0.39 is 0 Å². The number of hydrogen-bond acceptors (Lipinski definition) is 4. The Hall–Kier alpha value is -4.06. The van der Waals surface area contributed by atoms with E-state index in [1.807, 2.05) is 72.8 Å². The summed E-state index contributed by atoms with van der Waals surface area (Å²) in [5, 5.41) is 28.0. The molecule has 0 atom stereocenters. The molecule has 0 heterocycles. The van der Waals surface area contributed by atoms with E-state index in [0.717, 1.165) is 28.4 Å². The lowest BCUT2D eigenvalue weighted by molar-refractivity contribution is 0.397. The van der Waals surface area contributed by atoms with Crippen molar-refractivity contribution in [2.24, 2.45) is 5.41 Å². The molecule has 0 saturated heterocycles. The second kappa shape index (κ2) is 34.8. The second-order valence-corrected chi connectivity index (χ2v) is 10.4. The van der Waals surface area contributed by atoms with Gasteiger partial charge in [-0.15, -0.1) is 0 Å². The van der Waals surface area contributed by atoms with Gasteiger partial charge in [-0.25, -0.2) is 0 Å². The van der Waals surface area contributed by atoms with E-state index in [1.165, 1.54) is 23.1 Å². The standard InChI is InChI=1S/C20H18.2C6H6.C6H14.4CH4O.CH4/c1-20(17-11-5-2-6-12-17,18-13-7-3-8-14-18)19-15-9-4-10-16-19;2*1-2-4-6-5-3-1;1-5-6(2,3)4;4*1-2;/h2-16H,1H3;2*1-6H;5H2,1-4H3;4*2H,1H3;1H4. The molecular weight excluding hydrogens is 580 g/mol. The zero-order chi connectivity index (χ0) is 35.5. The lowest BCUT2D eigenvalue weighted by Gasteiger charge is -2.31. The minimum atomic E-state index is -0.121. The molecule has 5 rings (SSSR count). The maximum atomic E-state index is 7.00. The Morgan fingerprint density at radius 2 is 0.468 bits per heavy atom. The van der Waals surface area contributed by atoms with Crippen molar-refractivity contribution < 1.29 is 20.4 Å². The number of aliphatic hydroxyl groups is 4. The Morgan fingerprint density at radius 3 is 0.596 bits per heavy atom. The van der Waals surface area contributed by atoms with Crippen LogP contribution >= 0.6 is 0 Å². The predicted octanol–water partition coefficient (Wildman–Crippen LogP) is 9.93. The maximum absolute atomic E-state index is 7.00. The Morgan fingerprint density at radius 1 is 0.340 bits per heavy atom. The van der Waals surface area contributed by atoms with Gasteiger partial charge in [-0.05, 0) is 29.0 Å². The molecular formula is C43H64O4. The third-order valence-corrected chi connectivity index (χ3v) is 6.45. The summed E-state index contributed by atoms with van der Waals surface area (Å²) >= 11 is 0. The van der Waals surface area contributed by atoms with E-state index in [9.17, 15) is 0 Å². The van der Waals surface area contributed by atoms with Gasteiger partial charge in [0.25, 0.3) is 0 Å². The van der Waals surface area contributed by atoms with Crippen molar-refractivity contribution in [3.05, 3.63) is 180 Å². The van der Waals surface area contributed by atoms with E-state index >= 15 is 0 Å². The summed E-state index contributed by atoms with van der Waals surface area (Å²) in [6, 6.07) is 56.1. The average Bonchev–Trinajstić information content (AvgIpc) is 3.17. The largest absolute Gasteiger partial charge is 0.400 e. The fourth-order valence-electron chi connectivity index (χ4n) is 3.58. The summed E-state index contributed by atoms with van der Waals surface area (Å²) in [6.07, 6.45) is 1.27. The molecule has 0 bridgehead atoms. The van der Waals surface area contributed by atoms with Crippen molar-refractivity contribution in [1.82, 2.24) is 0 Å². The summed E-state index contributed by atoms with van der Waals surface area (Å²) in [5.41, 5.74) is 4.37. The van der Waals surface area contributed by atoms with Gasteiger partial charge in [-0.1, -0.05) is 205 Å². The molecule has 0 saturated carbocycles. The lowest BCUT2D eigenvalue weighted by Crippen LogP contribution is -2.25. The highest BCUT2D eigenvalue weighted by Gasteiger charge is 2.30. The summed E-state index contributed by atoms with van der Waals surface area (Å²) < 4.78 is 0. The normalized spacial score (nSPS) is 8.87. The first-order valence-corrected chi connectivity index (χ1v) is 15.3. The van der Waals surface area contributed by atoms with Crippen LogP contribution in [0.2, 0.25) is 0 Å². The smallest absolute Gasteiger partial charge is 0.0423 e. The van der Waals surface area contributed by atoms with Gasteiger partial charge in [0, 0.05) is 33.9 Å². The molecule has 5 aromatic carbocycles. The Labute approximate surface area is 288 Å². The van der Waals surface area contributed by atoms with Crippen LogP contribution in [-0.2, 0) is 5.41 Å². The summed E-state index contributed by atoms with van der Waals surface area (Å²) in [6.45, 7) is 11.2. The fraction of sp³-hybridized carbons (Fsp3) is 0.302. The van der Waals surface area contributed by atoms with Crippen LogP contribution in [0.1, 0.15) is 65.2 Å². The summed E-state index contributed by atoms with van der Waals surface area (Å²) in [7, 11) is 4.00. The SMILES string of the molecule is C.CC(c1ccccc1)(c1ccccc1)c1ccccc1.CCC(C)(C)C.CO.CO.CO.CO.c1ccccc1.c1ccccc1. The first-order valence-electron chi connectivity index (χ1n) is 15.3. The molecule has 0 aliphatic rings. The molecule has 4 nitrogen and oxygen atoms in total. The van der Waals surface area contributed by atoms with E-state index in [1.54, 1.807) is 0 Å². The number of rotatable bonds is 3. The van der Waals surface area contributed by atoms with Crippen molar-refractivity contribution >= 4 is 0 Å². The Kier molecular flexibility index (Phi) is 36.9. The van der Waals surface area contributed by atoms with Crippen molar-refractivity contribution in [2.45, 2.75) is 53.9 Å². The fourth-order valence-corrected chi connectivity index (χ4v) is 3.58. The monoisotopic (exact) mass is 644 g/mol. The molecule has 260 valence electrons. The van der Waals surface area contributed by atoms with Gasteiger partial charge in [0.1, 0.15) is 0 Å². The highest BCUT2D eigenvalue weighted by atomic mass is 16.2. The van der Waals surface area contributed by atoms with Crippen LogP contribution in [0, 0.1) is 5.41 Å². The zero-order valence-corrected chi connectivity index (χ0v) is 29.6. The summed E-state index contributed by atoms with van der Waals surface area (Å²) in [4.78, 5) is 0. The second-order valence-electron chi connectivity index (χ2n) is 10.4. The number of benzene rings is 5. The molecule has 0 radical (unpaired) electrons. The highest BCUT2D eigenvalue weighted by molar-refractivity contribution is 5.49. The third kappa shape index (κ3) is 23.9. The lowest BCUT2D eigenvalue weighted by atomic mass is 9.71. The number of aliphatic hydroxyl groups excluding tert-OH is 4. The van der Waals surface area contributed by atoms with Crippen LogP contribution in [0.3, 0.4) is 0 Å². The van der Waals surface area contributed by atoms with Crippen LogP contribution in [0.4, 0.5) is 0 Å². The molecule has 0 aliphatic carbocycles. The van der Waals surface area contributed by atoms with Crippen molar-refractivity contribution in [3.63, 3.8) is 0 Å². The molecule has 4 N–H and O–H groups in total. The van der Waals surface area contributed by atoms with Crippen LogP contribution in [0.5, 0.6) is 0 Å². The van der Waals surface area contributed by atoms with Gasteiger partial charge in [0.2, 0.25) is 0 Å². The van der Waals surface area contributed by atoms with Gasteiger partial charge in [0.15, 0.2) is 0 Å². The first kappa shape index (κ1) is 49.8. The molecule has 0 aromatic heterocycles. The molecule has 4 heteroatoms. The van der Waals surface area contributed by atoms with Gasteiger partial charge >= 0.3 is 0 Å². The van der Waals surface area contributed by atoms with Gasteiger partial charge in [-0.2, -0.15) is 0 Å². The van der Waals surface area contributed by atoms with Crippen LogP contribution in [0.25, 0.3) is 0 Å². The van der Waals surface area contributed by atoms with Crippen molar-refractivity contribution in [2.75, 3.05) is 28.4 Å². The van der Waals surface area contributed by atoms with Crippen LogP contribution < -0.4 is 0 Å². The first-order chi connectivity index (χ1) is 22.4. The van der Waals surface area contributed by atoms with E-state index in [2.05, 4.69) is 126 Å². The minimum absolute atomic E-state index is 0. The minimum Gasteiger partial charge on any atom is -0.400 e. The predicted molar refractivity (Wildman–Crippen MR) is 207 cm³/mol. The number of hydrogen-bond donors (Lipinski definition) is 4. The Bertz CT molecular complexity index is 1030. The Balaban J connectivity index is -0.000000283. The molecule has 0 spiro atoms. The van der Waals surface area contributed by atoms with Crippen molar-refractivity contribution in [1.29, 1.82) is 0 Å². The molecule has 0 aliphatic heterocycles. The van der Waals surface area contributed by atoms with E-state index in [-0.39, 0.29) is 12.8 Å². The maximum Gasteiger partial charge on any atom is 0.0423 e. The molecule has 47 heavy (non-hydrogen) atoms. The van der Waals surface area contributed by atoms with Crippen molar-refractivity contribution in [3.8, 4) is 0 Å². The third-order valence-electron chi connectivity index (χ3n) is 6.45. The highest BCUT2D eigenvalue weighted by Crippen LogP contribution is 2.38. The quantitative estimate of drug-likeness (QED) is 0.147.